The third-order valence-electron chi connectivity index (χ3n) is 2.49. The average Bonchev–Trinajstić information content (AvgIpc) is 2.31. The first-order valence-corrected chi connectivity index (χ1v) is 5.44. The number of hydrogen-bond acceptors (Lipinski definition) is 4. The molecular weight excluding hydrogens is 222 g/mol. The van der Waals surface area contributed by atoms with E-state index >= 15 is 0 Å². The number of benzene rings is 1. The van der Waals surface area contributed by atoms with E-state index in [2.05, 4.69) is 0 Å². The van der Waals surface area contributed by atoms with E-state index in [1.165, 1.54) is 4.90 Å². The van der Waals surface area contributed by atoms with Crippen LogP contribution in [0.25, 0.3) is 0 Å². The molecule has 0 bridgehead atoms. The summed E-state index contributed by atoms with van der Waals surface area (Å²) in [5, 5.41) is 27.1. The molecule has 0 aliphatic rings. The number of carboxylic acids is 1. The molecule has 0 saturated carbocycles. The quantitative estimate of drug-likeness (QED) is 0.628. The van der Waals surface area contributed by atoms with Crippen LogP contribution in [-0.4, -0.2) is 52.5 Å². The van der Waals surface area contributed by atoms with Gasteiger partial charge in [0.15, 0.2) is 0 Å². The van der Waals surface area contributed by atoms with Gasteiger partial charge >= 0.3 is 5.97 Å². The van der Waals surface area contributed by atoms with E-state index in [0.717, 1.165) is 0 Å². The Morgan fingerprint density at radius 2 is 1.65 bits per heavy atom. The summed E-state index contributed by atoms with van der Waals surface area (Å²) in [5.41, 5.74) is 0.641. The molecule has 1 aromatic rings. The summed E-state index contributed by atoms with van der Waals surface area (Å²) in [6, 6.07) is 7.95. The van der Waals surface area contributed by atoms with Crippen LogP contribution >= 0.6 is 0 Å². The molecule has 17 heavy (non-hydrogen) atoms. The van der Waals surface area contributed by atoms with Crippen LogP contribution in [0.2, 0.25) is 0 Å². The van der Waals surface area contributed by atoms with Crippen molar-refractivity contribution < 1.29 is 20.1 Å². The highest BCUT2D eigenvalue weighted by Crippen LogP contribution is 2.20. The van der Waals surface area contributed by atoms with Crippen LogP contribution in [0.5, 0.6) is 0 Å². The molecule has 94 valence electrons. The second-order valence-corrected chi connectivity index (χ2v) is 3.63. The molecule has 5 heteroatoms. The van der Waals surface area contributed by atoms with Gasteiger partial charge in [-0.25, -0.2) is 0 Å². The van der Waals surface area contributed by atoms with Crippen LogP contribution < -0.4 is 0 Å². The molecule has 1 atom stereocenters. The lowest BCUT2D eigenvalue weighted by atomic mass is 10.1. The van der Waals surface area contributed by atoms with Crippen LogP contribution in [0.1, 0.15) is 11.6 Å². The molecule has 0 aromatic heterocycles. The fourth-order valence-electron chi connectivity index (χ4n) is 1.77. The minimum atomic E-state index is -0.988. The van der Waals surface area contributed by atoms with Gasteiger partial charge in [-0.05, 0) is 5.56 Å². The molecule has 0 radical (unpaired) electrons. The summed E-state index contributed by atoms with van der Waals surface area (Å²) in [6.07, 6.45) is 0. The van der Waals surface area contributed by atoms with E-state index in [9.17, 15) is 9.90 Å². The van der Waals surface area contributed by atoms with Crippen molar-refractivity contribution in [3.8, 4) is 0 Å². The monoisotopic (exact) mass is 239 g/mol. The van der Waals surface area contributed by atoms with Gasteiger partial charge in [-0.1, -0.05) is 30.3 Å². The molecule has 0 spiro atoms. The minimum Gasteiger partial charge on any atom is -0.480 e. The third kappa shape index (κ3) is 3.81. The molecule has 0 aliphatic carbocycles. The van der Waals surface area contributed by atoms with Crippen molar-refractivity contribution in [3.63, 3.8) is 0 Å². The van der Waals surface area contributed by atoms with E-state index in [1.807, 2.05) is 6.07 Å². The Morgan fingerprint density at radius 3 is 2.06 bits per heavy atom. The summed E-state index contributed by atoms with van der Waals surface area (Å²) < 4.78 is 0. The number of aliphatic carboxylic acids is 1. The van der Waals surface area contributed by atoms with Gasteiger partial charge in [0.2, 0.25) is 0 Å². The molecular formula is C12H17NO4. The SMILES string of the molecule is O=C(O)C(c1ccccc1)N(CCO)CCO. The van der Waals surface area contributed by atoms with Crippen molar-refractivity contribution in [2.45, 2.75) is 6.04 Å². The number of carbonyl (C=O) groups is 1. The maximum absolute atomic E-state index is 11.3. The zero-order valence-electron chi connectivity index (χ0n) is 9.49. The zero-order valence-corrected chi connectivity index (χ0v) is 9.49. The molecule has 3 N–H and O–H groups in total. The van der Waals surface area contributed by atoms with Crippen molar-refractivity contribution in [2.24, 2.45) is 0 Å². The summed E-state index contributed by atoms with van der Waals surface area (Å²) >= 11 is 0. The summed E-state index contributed by atoms with van der Waals surface area (Å²) in [6.45, 7) is 0.145. The first-order chi connectivity index (χ1) is 8.20. The maximum Gasteiger partial charge on any atom is 0.325 e. The van der Waals surface area contributed by atoms with Crippen molar-refractivity contribution in [1.29, 1.82) is 0 Å². The predicted octanol–water partition coefficient (Wildman–Crippen LogP) is 0.0989. The first-order valence-electron chi connectivity index (χ1n) is 5.44. The molecule has 0 amide bonds. The van der Waals surface area contributed by atoms with Crippen molar-refractivity contribution in [2.75, 3.05) is 26.3 Å². The number of hydrogen-bond donors (Lipinski definition) is 3. The fraction of sp³-hybridized carbons (Fsp3) is 0.417. The Labute approximate surface area is 99.9 Å². The molecule has 0 saturated heterocycles. The van der Waals surface area contributed by atoms with Crippen LogP contribution in [0, 0.1) is 0 Å². The van der Waals surface area contributed by atoms with Crippen LogP contribution in [0.4, 0.5) is 0 Å². The lowest BCUT2D eigenvalue weighted by molar-refractivity contribution is -0.144. The smallest absolute Gasteiger partial charge is 0.325 e. The number of nitrogens with zero attached hydrogens (tertiary/aromatic N) is 1. The molecule has 0 heterocycles. The molecule has 0 fully saturated rings. The second kappa shape index (κ2) is 7.01. The third-order valence-corrected chi connectivity index (χ3v) is 2.49. The maximum atomic E-state index is 11.3. The highest BCUT2D eigenvalue weighted by Gasteiger charge is 2.26. The van der Waals surface area contributed by atoms with E-state index in [4.69, 9.17) is 10.2 Å². The van der Waals surface area contributed by atoms with E-state index in [1.54, 1.807) is 24.3 Å². The number of carboxylic acid groups (broad SMARTS) is 1. The van der Waals surface area contributed by atoms with E-state index in [-0.39, 0.29) is 26.3 Å². The van der Waals surface area contributed by atoms with Crippen LogP contribution in [0.15, 0.2) is 30.3 Å². The molecule has 0 aliphatic heterocycles. The summed E-state index contributed by atoms with van der Waals surface area (Å²) in [4.78, 5) is 12.8. The van der Waals surface area contributed by atoms with Crippen molar-refractivity contribution in [3.05, 3.63) is 35.9 Å². The Morgan fingerprint density at radius 1 is 1.12 bits per heavy atom. The number of rotatable bonds is 7. The molecule has 1 rings (SSSR count). The Balaban J connectivity index is 2.94. The largest absolute Gasteiger partial charge is 0.480 e. The summed E-state index contributed by atoms with van der Waals surface area (Å²) in [5.74, 6) is -0.988. The molecule has 5 nitrogen and oxygen atoms in total. The van der Waals surface area contributed by atoms with Crippen LogP contribution in [0.3, 0.4) is 0 Å². The number of aliphatic hydroxyl groups is 2. The van der Waals surface area contributed by atoms with Gasteiger partial charge in [-0.2, -0.15) is 0 Å². The first kappa shape index (κ1) is 13.6. The van der Waals surface area contributed by atoms with Crippen LogP contribution in [-0.2, 0) is 4.79 Å². The highest BCUT2D eigenvalue weighted by molar-refractivity contribution is 5.75. The molecule has 1 aromatic carbocycles. The van der Waals surface area contributed by atoms with Gasteiger partial charge in [-0.3, -0.25) is 9.69 Å². The average molecular weight is 239 g/mol. The lowest BCUT2D eigenvalue weighted by Crippen LogP contribution is -2.38. The predicted molar refractivity (Wildman–Crippen MR) is 62.6 cm³/mol. The Kier molecular flexibility index (Phi) is 5.62. The Hall–Kier alpha value is -1.43. The minimum absolute atomic E-state index is 0.142. The van der Waals surface area contributed by atoms with Gasteiger partial charge in [0.05, 0.1) is 13.2 Å². The van der Waals surface area contributed by atoms with Gasteiger partial charge in [0, 0.05) is 13.1 Å². The zero-order chi connectivity index (χ0) is 12.7. The standard InChI is InChI=1S/C12H17NO4/c14-8-6-13(7-9-15)11(12(16)17)10-4-2-1-3-5-10/h1-5,11,14-15H,6-9H2,(H,16,17). The van der Waals surface area contributed by atoms with Gasteiger partial charge in [-0.15, -0.1) is 0 Å². The Bertz CT molecular complexity index is 336. The highest BCUT2D eigenvalue weighted by atomic mass is 16.4. The topological polar surface area (TPSA) is 81.0 Å². The van der Waals surface area contributed by atoms with Crippen molar-refractivity contribution in [1.82, 2.24) is 4.90 Å². The van der Waals surface area contributed by atoms with Gasteiger partial charge in [0.25, 0.3) is 0 Å². The van der Waals surface area contributed by atoms with E-state index < -0.39 is 12.0 Å². The van der Waals surface area contributed by atoms with E-state index in [0.29, 0.717) is 5.56 Å². The molecule has 1 unspecified atom stereocenters. The lowest BCUT2D eigenvalue weighted by Gasteiger charge is -2.27. The fourth-order valence-corrected chi connectivity index (χ4v) is 1.77. The second-order valence-electron chi connectivity index (χ2n) is 3.63. The number of aliphatic hydroxyl groups excluding tert-OH is 2. The summed E-state index contributed by atoms with van der Waals surface area (Å²) in [7, 11) is 0. The van der Waals surface area contributed by atoms with Gasteiger partial charge in [0.1, 0.15) is 6.04 Å². The van der Waals surface area contributed by atoms with Gasteiger partial charge < -0.3 is 15.3 Å². The normalized spacial score (nSPS) is 12.6. The van der Waals surface area contributed by atoms with Crippen molar-refractivity contribution >= 4 is 5.97 Å².